The molecule has 0 heterocycles. The topological polar surface area (TPSA) is 59.6 Å². The summed E-state index contributed by atoms with van der Waals surface area (Å²) in [4.78, 5) is 12.2. The molecular weight excluding hydrogens is 328 g/mol. The molecule has 0 fully saturated rings. The van der Waals surface area contributed by atoms with Gasteiger partial charge in [0.2, 0.25) is 5.91 Å². The monoisotopic (exact) mass is 348 g/mol. The number of hydrogen-bond acceptors (Lipinski definition) is 4. The maximum Gasteiger partial charge on any atom is 0.226 e. The Kier molecular flexibility index (Phi) is 6.32. The summed E-state index contributed by atoms with van der Waals surface area (Å²) in [6, 6.07) is 12.6. The molecule has 0 saturated heterocycles. The quantitative estimate of drug-likeness (QED) is 0.787. The van der Waals surface area contributed by atoms with Crippen LogP contribution < -0.4 is 20.1 Å². The van der Waals surface area contributed by atoms with E-state index < -0.39 is 0 Å². The average Bonchev–Trinajstić information content (AvgIpc) is 2.55. The van der Waals surface area contributed by atoms with E-state index in [0.29, 0.717) is 22.9 Å². The Morgan fingerprint density at radius 3 is 2.46 bits per heavy atom. The molecule has 0 radical (unpaired) electrons. The Morgan fingerprint density at radius 2 is 1.83 bits per heavy atom. The molecule has 0 spiro atoms. The molecule has 0 aliphatic carbocycles. The first-order valence-corrected chi connectivity index (χ1v) is 7.93. The third-order valence-electron chi connectivity index (χ3n) is 3.43. The van der Waals surface area contributed by atoms with Crippen LogP contribution in [0.2, 0.25) is 5.02 Å². The Morgan fingerprint density at radius 1 is 1.12 bits per heavy atom. The van der Waals surface area contributed by atoms with Crippen LogP contribution in [0.5, 0.6) is 11.5 Å². The number of anilines is 2. The largest absolute Gasteiger partial charge is 0.497 e. The highest BCUT2D eigenvalue weighted by atomic mass is 35.5. The van der Waals surface area contributed by atoms with Gasteiger partial charge in [-0.25, -0.2) is 0 Å². The van der Waals surface area contributed by atoms with Gasteiger partial charge in [0.1, 0.15) is 11.5 Å². The van der Waals surface area contributed by atoms with Crippen LogP contribution >= 0.6 is 11.6 Å². The smallest absolute Gasteiger partial charge is 0.226 e. The summed E-state index contributed by atoms with van der Waals surface area (Å²) in [5, 5.41) is 6.64. The third-order valence-corrected chi connectivity index (χ3v) is 3.67. The number of rotatable bonds is 7. The summed E-state index contributed by atoms with van der Waals surface area (Å²) in [7, 11) is 3.17. The summed E-state index contributed by atoms with van der Waals surface area (Å²) in [5.74, 6) is 1.24. The van der Waals surface area contributed by atoms with Crippen molar-refractivity contribution in [2.24, 2.45) is 0 Å². The standard InChI is InChI=1S/C18H21ClN2O3/c1-12(20-14-5-7-15(23-2)8-6-14)10-18(22)21-16-11-13(19)4-9-17(16)24-3/h4-9,11-12,20H,10H2,1-3H3,(H,21,22). The van der Waals surface area contributed by atoms with E-state index in [1.165, 1.54) is 0 Å². The molecule has 2 rings (SSSR count). The molecule has 0 saturated carbocycles. The lowest BCUT2D eigenvalue weighted by atomic mass is 10.2. The number of halogens is 1. The summed E-state index contributed by atoms with van der Waals surface area (Å²) >= 11 is 5.97. The summed E-state index contributed by atoms with van der Waals surface area (Å²) in [5.41, 5.74) is 1.49. The molecule has 5 nitrogen and oxygen atoms in total. The number of methoxy groups -OCH3 is 2. The van der Waals surface area contributed by atoms with Gasteiger partial charge in [-0.05, 0) is 49.4 Å². The van der Waals surface area contributed by atoms with Gasteiger partial charge >= 0.3 is 0 Å². The summed E-state index contributed by atoms with van der Waals surface area (Å²) in [6.07, 6.45) is 0.307. The van der Waals surface area contributed by atoms with Gasteiger partial charge in [0.25, 0.3) is 0 Å². The van der Waals surface area contributed by atoms with Crippen molar-refractivity contribution in [3.05, 3.63) is 47.5 Å². The van der Waals surface area contributed by atoms with Crippen molar-refractivity contribution in [1.29, 1.82) is 0 Å². The number of carbonyl (C=O) groups excluding carboxylic acids is 1. The zero-order chi connectivity index (χ0) is 17.5. The highest BCUT2D eigenvalue weighted by Crippen LogP contribution is 2.27. The van der Waals surface area contributed by atoms with Crippen LogP contribution in [-0.4, -0.2) is 26.2 Å². The minimum atomic E-state index is -0.121. The highest BCUT2D eigenvalue weighted by molar-refractivity contribution is 6.31. The molecule has 6 heteroatoms. The normalized spacial score (nSPS) is 11.5. The number of carbonyl (C=O) groups is 1. The maximum absolute atomic E-state index is 12.2. The van der Waals surface area contributed by atoms with Crippen LogP contribution in [0.1, 0.15) is 13.3 Å². The molecule has 1 amide bonds. The molecule has 0 aromatic heterocycles. The molecule has 0 aliphatic heterocycles. The number of amides is 1. The maximum atomic E-state index is 12.2. The second-order valence-electron chi connectivity index (χ2n) is 5.37. The van der Waals surface area contributed by atoms with Gasteiger partial charge in [-0.3, -0.25) is 4.79 Å². The predicted octanol–water partition coefficient (Wildman–Crippen LogP) is 4.19. The predicted molar refractivity (Wildman–Crippen MR) is 97.3 cm³/mol. The van der Waals surface area contributed by atoms with Gasteiger partial charge in [0.05, 0.1) is 19.9 Å². The van der Waals surface area contributed by atoms with E-state index in [-0.39, 0.29) is 11.9 Å². The van der Waals surface area contributed by atoms with Crippen molar-refractivity contribution >= 4 is 28.9 Å². The Labute approximate surface area is 146 Å². The fourth-order valence-corrected chi connectivity index (χ4v) is 2.45. The van der Waals surface area contributed by atoms with Crippen molar-refractivity contribution in [2.75, 3.05) is 24.9 Å². The first kappa shape index (κ1) is 17.9. The van der Waals surface area contributed by atoms with Crippen LogP contribution in [0.3, 0.4) is 0 Å². The molecule has 0 bridgehead atoms. The van der Waals surface area contributed by atoms with Crippen molar-refractivity contribution < 1.29 is 14.3 Å². The third kappa shape index (κ3) is 5.06. The second kappa shape index (κ2) is 8.45. The zero-order valence-electron chi connectivity index (χ0n) is 13.9. The van der Waals surface area contributed by atoms with Crippen LogP contribution in [0.4, 0.5) is 11.4 Å². The lowest BCUT2D eigenvalue weighted by Crippen LogP contribution is -2.24. The highest BCUT2D eigenvalue weighted by Gasteiger charge is 2.12. The number of ether oxygens (including phenoxy) is 2. The second-order valence-corrected chi connectivity index (χ2v) is 5.81. The lowest BCUT2D eigenvalue weighted by molar-refractivity contribution is -0.116. The van der Waals surface area contributed by atoms with Gasteiger partial charge in [0, 0.05) is 23.2 Å². The van der Waals surface area contributed by atoms with Crippen molar-refractivity contribution in [3.8, 4) is 11.5 Å². The van der Waals surface area contributed by atoms with Gasteiger partial charge in [0.15, 0.2) is 0 Å². The van der Waals surface area contributed by atoms with E-state index in [1.54, 1.807) is 32.4 Å². The van der Waals surface area contributed by atoms with E-state index >= 15 is 0 Å². The molecule has 1 atom stereocenters. The minimum absolute atomic E-state index is 0.0384. The van der Waals surface area contributed by atoms with Gasteiger partial charge in [-0.15, -0.1) is 0 Å². The fraction of sp³-hybridized carbons (Fsp3) is 0.278. The molecule has 1 unspecified atom stereocenters. The molecule has 128 valence electrons. The van der Waals surface area contributed by atoms with Crippen LogP contribution in [-0.2, 0) is 4.79 Å². The van der Waals surface area contributed by atoms with Crippen molar-refractivity contribution in [3.63, 3.8) is 0 Å². The Bertz CT molecular complexity index is 689. The molecule has 2 aromatic rings. The molecule has 2 aromatic carbocycles. The van der Waals surface area contributed by atoms with Gasteiger partial charge in [-0.2, -0.15) is 0 Å². The molecule has 0 aliphatic rings. The first-order chi connectivity index (χ1) is 11.5. The van der Waals surface area contributed by atoms with Crippen molar-refractivity contribution in [2.45, 2.75) is 19.4 Å². The van der Waals surface area contributed by atoms with E-state index in [2.05, 4.69) is 10.6 Å². The Hall–Kier alpha value is -2.40. The number of benzene rings is 2. The van der Waals surface area contributed by atoms with Crippen molar-refractivity contribution in [1.82, 2.24) is 0 Å². The minimum Gasteiger partial charge on any atom is -0.497 e. The fourth-order valence-electron chi connectivity index (χ4n) is 2.28. The average molecular weight is 349 g/mol. The SMILES string of the molecule is COc1ccc(NC(C)CC(=O)Nc2cc(Cl)ccc2OC)cc1. The van der Waals surface area contributed by atoms with E-state index in [1.807, 2.05) is 31.2 Å². The van der Waals surface area contributed by atoms with Crippen LogP contribution in [0.15, 0.2) is 42.5 Å². The number of nitrogens with one attached hydrogen (secondary N) is 2. The van der Waals surface area contributed by atoms with Gasteiger partial charge in [-0.1, -0.05) is 11.6 Å². The van der Waals surface area contributed by atoms with Crippen LogP contribution in [0.25, 0.3) is 0 Å². The van der Waals surface area contributed by atoms with E-state index in [0.717, 1.165) is 11.4 Å². The summed E-state index contributed by atoms with van der Waals surface area (Å²) < 4.78 is 10.3. The zero-order valence-corrected chi connectivity index (χ0v) is 14.7. The summed E-state index contributed by atoms with van der Waals surface area (Å²) in [6.45, 7) is 1.94. The first-order valence-electron chi connectivity index (χ1n) is 7.56. The lowest BCUT2D eigenvalue weighted by Gasteiger charge is -2.16. The van der Waals surface area contributed by atoms with E-state index in [4.69, 9.17) is 21.1 Å². The molecular formula is C18H21ClN2O3. The van der Waals surface area contributed by atoms with Crippen LogP contribution in [0, 0.1) is 0 Å². The van der Waals surface area contributed by atoms with Gasteiger partial charge < -0.3 is 20.1 Å². The molecule has 24 heavy (non-hydrogen) atoms. The number of hydrogen-bond donors (Lipinski definition) is 2. The molecule has 2 N–H and O–H groups in total. The van der Waals surface area contributed by atoms with E-state index in [9.17, 15) is 4.79 Å². The Balaban J connectivity index is 1.92.